The van der Waals surface area contributed by atoms with Crippen LogP contribution in [-0.4, -0.2) is 0 Å². The number of allylic oxidation sites excluding steroid dienone is 5. The topological polar surface area (TPSA) is 0 Å². The van der Waals surface area contributed by atoms with Crippen LogP contribution in [0.5, 0.6) is 0 Å². The Labute approximate surface area is 70.3 Å². The van der Waals surface area contributed by atoms with Crippen LogP contribution in [0, 0.1) is 0 Å². The van der Waals surface area contributed by atoms with E-state index in [4.69, 9.17) is 0 Å². The van der Waals surface area contributed by atoms with Crippen LogP contribution in [0.4, 0.5) is 0 Å². The molecule has 0 bridgehead atoms. The summed E-state index contributed by atoms with van der Waals surface area (Å²) in [5.41, 5.74) is 3.82. The lowest BCUT2D eigenvalue weighted by Crippen LogP contribution is -1.75. The molecule has 0 spiro atoms. The van der Waals surface area contributed by atoms with Crippen molar-refractivity contribution < 1.29 is 0 Å². The van der Waals surface area contributed by atoms with Crippen molar-refractivity contribution >= 4 is 0 Å². The summed E-state index contributed by atoms with van der Waals surface area (Å²) in [6, 6.07) is 0. The Morgan fingerprint density at radius 2 is 1.64 bits per heavy atom. The summed E-state index contributed by atoms with van der Waals surface area (Å²) in [5, 5.41) is 0. The van der Waals surface area contributed by atoms with Crippen molar-refractivity contribution in [2.24, 2.45) is 0 Å². The molecule has 62 valence electrons. The molecule has 0 saturated heterocycles. The fourth-order valence-electron chi connectivity index (χ4n) is 0.646. The van der Waals surface area contributed by atoms with E-state index >= 15 is 0 Å². The maximum absolute atomic E-state index is 3.86. The molecule has 0 aromatic rings. The highest BCUT2D eigenvalue weighted by Gasteiger charge is 1.86. The zero-order valence-electron chi connectivity index (χ0n) is 8.07. The first-order chi connectivity index (χ1) is 5.04. The zero-order chi connectivity index (χ0) is 8.85. The van der Waals surface area contributed by atoms with Crippen molar-refractivity contribution in [1.29, 1.82) is 0 Å². The molecule has 0 aromatic carbocycles. The molecule has 0 unspecified atom stereocenters. The second-order valence-electron chi connectivity index (χ2n) is 3.18. The molecule has 0 atom stereocenters. The first-order valence-corrected chi connectivity index (χ1v) is 4.00. The van der Waals surface area contributed by atoms with E-state index in [2.05, 4.69) is 39.5 Å². The minimum absolute atomic E-state index is 1.03. The van der Waals surface area contributed by atoms with Crippen LogP contribution in [-0.2, 0) is 0 Å². The molecular formula is C11H18. The quantitative estimate of drug-likeness (QED) is 0.423. The van der Waals surface area contributed by atoms with Crippen LogP contribution in [0.2, 0.25) is 0 Å². The van der Waals surface area contributed by atoms with Gasteiger partial charge in [-0.1, -0.05) is 35.5 Å². The lowest BCUT2D eigenvalue weighted by Gasteiger charge is -1.96. The van der Waals surface area contributed by atoms with Crippen LogP contribution in [0.15, 0.2) is 35.5 Å². The molecule has 0 saturated carbocycles. The van der Waals surface area contributed by atoms with Gasteiger partial charge in [0.15, 0.2) is 0 Å². The van der Waals surface area contributed by atoms with E-state index in [1.54, 1.807) is 0 Å². The molecule has 0 nitrogen and oxygen atoms in total. The molecule has 0 heteroatoms. The molecule has 0 aliphatic rings. The van der Waals surface area contributed by atoms with Crippen molar-refractivity contribution in [1.82, 2.24) is 0 Å². The van der Waals surface area contributed by atoms with Gasteiger partial charge in [-0.2, -0.15) is 0 Å². The van der Waals surface area contributed by atoms with Gasteiger partial charge in [0.2, 0.25) is 0 Å². The Hall–Kier alpha value is -0.780. The largest absolute Gasteiger partial charge is 0.0959 e. The predicted octanol–water partition coefficient (Wildman–Crippen LogP) is 3.87. The lowest BCUT2D eigenvalue weighted by atomic mass is 10.1. The third-order valence-corrected chi connectivity index (χ3v) is 1.62. The number of hydrogen-bond donors (Lipinski definition) is 0. The van der Waals surface area contributed by atoms with Crippen molar-refractivity contribution in [3.63, 3.8) is 0 Å². The molecular weight excluding hydrogens is 132 g/mol. The second kappa shape index (κ2) is 4.95. The van der Waals surface area contributed by atoms with Gasteiger partial charge in [-0.15, -0.1) is 0 Å². The summed E-state index contributed by atoms with van der Waals surface area (Å²) in [7, 11) is 0. The summed E-state index contributed by atoms with van der Waals surface area (Å²) in [6.07, 6.45) is 5.45. The fraction of sp³-hybridized carbons (Fsp3) is 0.455. The normalized spacial score (nSPS) is 11.1. The van der Waals surface area contributed by atoms with Crippen molar-refractivity contribution in [2.75, 3.05) is 0 Å². The Morgan fingerprint density at radius 3 is 2.00 bits per heavy atom. The molecule has 0 N–H and O–H groups in total. The molecule has 0 aliphatic heterocycles. The van der Waals surface area contributed by atoms with Gasteiger partial charge in [0.05, 0.1) is 0 Å². The van der Waals surface area contributed by atoms with Crippen LogP contribution < -0.4 is 0 Å². The fourth-order valence-corrected chi connectivity index (χ4v) is 0.646. The minimum atomic E-state index is 1.03. The zero-order valence-corrected chi connectivity index (χ0v) is 8.07. The Kier molecular flexibility index (Phi) is 4.60. The summed E-state index contributed by atoms with van der Waals surface area (Å²) < 4.78 is 0. The van der Waals surface area contributed by atoms with Crippen molar-refractivity contribution in [2.45, 2.75) is 34.1 Å². The van der Waals surface area contributed by atoms with Gasteiger partial charge in [-0.3, -0.25) is 0 Å². The average Bonchev–Trinajstić information content (AvgIpc) is 1.86. The molecule has 0 amide bonds. The predicted molar refractivity (Wildman–Crippen MR) is 52.6 cm³/mol. The van der Waals surface area contributed by atoms with E-state index in [1.807, 2.05) is 6.92 Å². The first kappa shape index (κ1) is 10.2. The maximum atomic E-state index is 3.86. The van der Waals surface area contributed by atoms with Crippen molar-refractivity contribution in [3.05, 3.63) is 35.5 Å². The SMILES string of the molecule is C=C(C)/C(C)=C/CC=C(C)C. The Morgan fingerprint density at radius 1 is 1.09 bits per heavy atom. The van der Waals surface area contributed by atoms with E-state index < -0.39 is 0 Å². The van der Waals surface area contributed by atoms with Crippen LogP contribution >= 0.6 is 0 Å². The van der Waals surface area contributed by atoms with Crippen LogP contribution in [0.25, 0.3) is 0 Å². The minimum Gasteiger partial charge on any atom is -0.0959 e. The summed E-state index contributed by atoms with van der Waals surface area (Å²) >= 11 is 0. The number of hydrogen-bond acceptors (Lipinski definition) is 0. The lowest BCUT2D eigenvalue weighted by molar-refractivity contribution is 1.23. The third kappa shape index (κ3) is 5.65. The maximum Gasteiger partial charge on any atom is -0.0161 e. The highest BCUT2D eigenvalue weighted by Crippen LogP contribution is 2.06. The van der Waals surface area contributed by atoms with E-state index in [0.717, 1.165) is 12.0 Å². The van der Waals surface area contributed by atoms with Gasteiger partial charge < -0.3 is 0 Å². The van der Waals surface area contributed by atoms with E-state index in [0.29, 0.717) is 0 Å². The van der Waals surface area contributed by atoms with Gasteiger partial charge in [0, 0.05) is 0 Å². The van der Waals surface area contributed by atoms with Gasteiger partial charge >= 0.3 is 0 Å². The molecule has 0 radical (unpaired) electrons. The summed E-state index contributed by atoms with van der Waals surface area (Å²) in [4.78, 5) is 0. The molecule has 0 rings (SSSR count). The second-order valence-corrected chi connectivity index (χ2v) is 3.18. The third-order valence-electron chi connectivity index (χ3n) is 1.62. The van der Waals surface area contributed by atoms with Gasteiger partial charge in [-0.05, 0) is 34.1 Å². The van der Waals surface area contributed by atoms with E-state index in [9.17, 15) is 0 Å². The van der Waals surface area contributed by atoms with Gasteiger partial charge in [-0.25, -0.2) is 0 Å². The van der Waals surface area contributed by atoms with Crippen molar-refractivity contribution in [3.8, 4) is 0 Å². The molecule has 0 aromatic heterocycles. The number of rotatable bonds is 3. The first-order valence-electron chi connectivity index (χ1n) is 4.00. The average molecular weight is 150 g/mol. The van der Waals surface area contributed by atoms with Crippen LogP contribution in [0.1, 0.15) is 34.1 Å². The monoisotopic (exact) mass is 150 g/mol. The van der Waals surface area contributed by atoms with Gasteiger partial charge in [0.1, 0.15) is 0 Å². The van der Waals surface area contributed by atoms with Crippen LogP contribution in [0.3, 0.4) is 0 Å². The highest BCUT2D eigenvalue weighted by molar-refractivity contribution is 5.24. The Balaban J connectivity index is 3.94. The standard InChI is InChI=1S/C11H18/c1-9(2)7-6-8-11(5)10(3)4/h7-8H,3,6H2,1-2,4-5H3/b11-8+. The molecule has 0 fully saturated rings. The molecule has 0 aliphatic carbocycles. The van der Waals surface area contributed by atoms with Gasteiger partial charge in [0.25, 0.3) is 0 Å². The highest BCUT2D eigenvalue weighted by atomic mass is 13.9. The molecule has 11 heavy (non-hydrogen) atoms. The Bertz CT molecular complexity index is 188. The molecule has 0 heterocycles. The van der Waals surface area contributed by atoms with E-state index in [1.165, 1.54) is 11.1 Å². The smallest absolute Gasteiger partial charge is 0.0161 e. The summed E-state index contributed by atoms with van der Waals surface area (Å²) in [5.74, 6) is 0. The summed E-state index contributed by atoms with van der Waals surface area (Å²) in [6.45, 7) is 12.2. The van der Waals surface area contributed by atoms with E-state index in [-0.39, 0.29) is 0 Å².